The molecule has 1 aliphatic rings. The molecule has 3 aromatic heterocycles. The van der Waals surface area contributed by atoms with Gasteiger partial charge in [0.25, 0.3) is 0 Å². The van der Waals surface area contributed by atoms with Crippen LogP contribution in [0.25, 0.3) is 11.4 Å². The minimum atomic E-state index is 0.606. The van der Waals surface area contributed by atoms with E-state index in [4.69, 9.17) is 4.52 Å². The van der Waals surface area contributed by atoms with E-state index in [1.54, 1.807) is 12.4 Å². The lowest BCUT2D eigenvalue weighted by atomic mass is 10.3. The number of hydrogen-bond donors (Lipinski definition) is 0. The molecule has 0 atom stereocenters. The Morgan fingerprint density at radius 1 is 1.04 bits per heavy atom. The maximum absolute atomic E-state index is 5.39. The van der Waals surface area contributed by atoms with Crippen molar-refractivity contribution in [2.75, 3.05) is 26.2 Å². The first-order valence-corrected chi connectivity index (χ1v) is 8.95. The van der Waals surface area contributed by atoms with Gasteiger partial charge in [0.1, 0.15) is 0 Å². The van der Waals surface area contributed by atoms with E-state index in [1.807, 2.05) is 23.5 Å². The van der Waals surface area contributed by atoms with Gasteiger partial charge in [-0.05, 0) is 23.6 Å². The van der Waals surface area contributed by atoms with Crippen molar-refractivity contribution in [2.45, 2.75) is 13.1 Å². The monoisotopic (exact) mass is 341 g/mol. The Labute approximate surface area is 144 Å². The molecule has 0 saturated carbocycles. The van der Waals surface area contributed by atoms with Crippen LogP contribution < -0.4 is 0 Å². The number of pyridine rings is 1. The van der Waals surface area contributed by atoms with E-state index in [0.717, 1.165) is 38.3 Å². The fourth-order valence-corrected chi connectivity index (χ4v) is 3.60. The van der Waals surface area contributed by atoms with Crippen LogP contribution in [0.1, 0.15) is 10.8 Å². The number of piperazine rings is 1. The number of hydrogen-bond acceptors (Lipinski definition) is 7. The summed E-state index contributed by atoms with van der Waals surface area (Å²) in [6.07, 6.45) is 3.48. The van der Waals surface area contributed by atoms with Crippen molar-refractivity contribution in [2.24, 2.45) is 0 Å². The maximum Gasteiger partial charge on any atom is 0.241 e. The van der Waals surface area contributed by atoms with E-state index in [2.05, 4.69) is 42.4 Å². The van der Waals surface area contributed by atoms with Crippen LogP contribution in [-0.4, -0.2) is 51.1 Å². The van der Waals surface area contributed by atoms with Crippen LogP contribution in [0.15, 0.2) is 46.6 Å². The third kappa shape index (κ3) is 3.69. The summed E-state index contributed by atoms with van der Waals surface area (Å²) >= 11 is 1.83. The van der Waals surface area contributed by atoms with Crippen molar-refractivity contribution >= 4 is 11.3 Å². The summed E-state index contributed by atoms with van der Waals surface area (Å²) in [7, 11) is 0. The average molecular weight is 341 g/mol. The molecule has 0 unspecified atom stereocenters. The zero-order chi connectivity index (χ0) is 16.2. The molecule has 0 radical (unpaired) electrons. The normalized spacial score (nSPS) is 16.5. The average Bonchev–Trinajstić information content (AvgIpc) is 3.29. The van der Waals surface area contributed by atoms with Crippen LogP contribution in [0.5, 0.6) is 0 Å². The molecule has 1 saturated heterocycles. The number of nitrogens with zero attached hydrogens (tertiary/aromatic N) is 5. The van der Waals surface area contributed by atoms with Crippen molar-refractivity contribution in [1.82, 2.24) is 24.9 Å². The lowest BCUT2D eigenvalue weighted by Crippen LogP contribution is -2.45. The summed E-state index contributed by atoms with van der Waals surface area (Å²) in [6, 6.07) is 8.13. The third-order valence-electron chi connectivity index (χ3n) is 4.17. The zero-order valence-corrected chi connectivity index (χ0v) is 14.2. The van der Waals surface area contributed by atoms with Gasteiger partial charge in [-0.2, -0.15) is 4.98 Å². The molecule has 24 heavy (non-hydrogen) atoms. The Kier molecular flexibility index (Phi) is 4.64. The van der Waals surface area contributed by atoms with Crippen molar-refractivity contribution in [3.63, 3.8) is 0 Å². The number of thiophene rings is 1. The number of rotatable bonds is 5. The summed E-state index contributed by atoms with van der Waals surface area (Å²) < 4.78 is 5.39. The van der Waals surface area contributed by atoms with Gasteiger partial charge in [-0.15, -0.1) is 11.3 Å². The quantitative estimate of drug-likeness (QED) is 0.711. The van der Waals surface area contributed by atoms with Crippen LogP contribution in [-0.2, 0) is 13.1 Å². The lowest BCUT2D eigenvalue weighted by Gasteiger charge is -2.33. The van der Waals surface area contributed by atoms with Crippen LogP contribution >= 0.6 is 11.3 Å². The van der Waals surface area contributed by atoms with Gasteiger partial charge >= 0.3 is 0 Å². The molecule has 0 amide bonds. The van der Waals surface area contributed by atoms with Gasteiger partial charge in [0, 0.05) is 55.6 Å². The number of aromatic nitrogens is 3. The molecule has 0 aromatic carbocycles. The molecule has 0 N–H and O–H groups in total. The van der Waals surface area contributed by atoms with E-state index in [-0.39, 0.29) is 0 Å². The van der Waals surface area contributed by atoms with Crippen molar-refractivity contribution in [3.05, 3.63) is 52.8 Å². The largest absolute Gasteiger partial charge is 0.338 e. The first-order chi connectivity index (χ1) is 11.9. The fraction of sp³-hybridized carbons (Fsp3) is 0.353. The Morgan fingerprint density at radius 2 is 1.88 bits per heavy atom. The summed E-state index contributed by atoms with van der Waals surface area (Å²) in [6.45, 7) is 5.95. The SMILES string of the molecule is c1cncc(-c2noc(CN3CCN(Cc4cccs4)CC3)n2)c1. The molecule has 0 spiro atoms. The molecule has 4 rings (SSSR count). The highest BCUT2D eigenvalue weighted by Gasteiger charge is 2.19. The molecule has 4 heterocycles. The molecule has 0 bridgehead atoms. The topological polar surface area (TPSA) is 58.3 Å². The lowest BCUT2D eigenvalue weighted by molar-refractivity contribution is 0.113. The highest BCUT2D eigenvalue weighted by atomic mass is 32.1. The standard InChI is InChI=1S/C17H19N5OS/c1-3-14(11-18-5-1)17-19-16(23-20-17)13-22-8-6-21(7-9-22)12-15-4-2-10-24-15/h1-5,10-11H,6-9,12-13H2. The highest BCUT2D eigenvalue weighted by Crippen LogP contribution is 2.16. The molecule has 0 aliphatic carbocycles. The van der Waals surface area contributed by atoms with E-state index < -0.39 is 0 Å². The summed E-state index contributed by atoms with van der Waals surface area (Å²) in [5.41, 5.74) is 0.883. The molecule has 3 aromatic rings. The van der Waals surface area contributed by atoms with E-state index in [1.165, 1.54) is 4.88 Å². The summed E-state index contributed by atoms with van der Waals surface area (Å²) in [5, 5.41) is 6.19. The predicted octanol–water partition coefficient (Wildman–Crippen LogP) is 2.51. The second-order valence-electron chi connectivity index (χ2n) is 5.89. The van der Waals surface area contributed by atoms with Gasteiger partial charge < -0.3 is 4.52 Å². The molecule has 1 aliphatic heterocycles. The van der Waals surface area contributed by atoms with Gasteiger partial charge in [-0.3, -0.25) is 14.8 Å². The highest BCUT2D eigenvalue weighted by molar-refractivity contribution is 7.09. The first kappa shape index (κ1) is 15.4. The summed E-state index contributed by atoms with van der Waals surface area (Å²) in [5.74, 6) is 1.27. The van der Waals surface area contributed by atoms with E-state index in [9.17, 15) is 0 Å². The Bertz CT molecular complexity index is 750. The van der Waals surface area contributed by atoms with Crippen LogP contribution in [0.3, 0.4) is 0 Å². The smallest absolute Gasteiger partial charge is 0.241 e. The van der Waals surface area contributed by atoms with Crippen LogP contribution in [0.4, 0.5) is 0 Å². The third-order valence-corrected chi connectivity index (χ3v) is 5.03. The zero-order valence-electron chi connectivity index (χ0n) is 13.3. The van der Waals surface area contributed by atoms with Crippen molar-refractivity contribution in [1.29, 1.82) is 0 Å². The predicted molar refractivity (Wildman–Crippen MR) is 92.4 cm³/mol. The molecular formula is C17H19N5OS. The van der Waals surface area contributed by atoms with Crippen LogP contribution in [0, 0.1) is 0 Å². The minimum absolute atomic E-state index is 0.606. The Hall–Kier alpha value is -2.09. The molecule has 1 fully saturated rings. The first-order valence-electron chi connectivity index (χ1n) is 8.07. The minimum Gasteiger partial charge on any atom is -0.338 e. The van der Waals surface area contributed by atoms with E-state index >= 15 is 0 Å². The fourth-order valence-electron chi connectivity index (χ4n) is 2.85. The van der Waals surface area contributed by atoms with E-state index in [0.29, 0.717) is 18.3 Å². The van der Waals surface area contributed by atoms with Gasteiger partial charge in [0.2, 0.25) is 11.7 Å². The molecular weight excluding hydrogens is 322 g/mol. The maximum atomic E-state index is 5.39. The molecule has 7 heteroatoms. The van der Waals surface area contributed by atoms with Crippen molar-refractivity contribution in [3.8, 4) is 11.4 Å². The second kappa shape index (κ2) is 7.21. The Morgan fingerprint density at radius 3 is 2.58 bits per heavy atom. The van der Waals surface area contributed by atoms with Gasteiger partial charge in [-0.25, -0.2) is 0 Å². The molecule has 6 nitrogen and oxygen atoms in total. The Balaban J connectivity index is 1.30. The summed E-state index contributed by atoms with van der Waals surface area (Å²) in [4.78, 5) is 14.9. The molecule has 124 valence electrons. The van der Waals surface area contributed by atoms with Crippen LogP contribution in [0.2, 0.25) is 0 Å². The van der Waals surface area contributed by atoms with Gasteiger partial charge in [-0.1, -0.05) is 11.2 Å². The van der Waals surface area contributed by atoms with Gasteiger partial charge in [0.15, 0.2) is 0 Å². The van der Waals surface area contributed by atoms with Crippen molar-refractivity contribution < 1.29 is 4.52 Å². The second-order valence-corrected chi connectivity index (χ2v) is 6.92. The van der Waals surface area contributed by atoms with Gasteiger partial charge in [0.05, 0.1) is 6.54 Å².